The van der Waals surface area contributed by atoms with Crippen LogP contribution in [-0.2, 0) is 37.6 Å². The monoisotopic (exact) mass is 802 g/mol. The molecule has 4 aliphatic heterocycles. The molecule has 1 N–H and O–H groups in total. The molecule has 6 atom stereocenters. The summed E-state index contributed by atoms with van der Waals surface area (Å²) in [6, 6.07) is 11.1. The Balaban J connectivity index is 1.25. The second-order valence-corrected chi connectivity index (χ2v) is 20.9. The quantitative estimate of drug-likeness (QED) is 0.428. The van der Waals surface area contributed by atoms with Crippen LogP contribution in [-0.4, -0.2) is 114 Å². The first-order valence-corrected chi connectivity index (χ1v) is 23.2. The molecule has 7 rings (SSSR count). The maximum Gasteiger partial charge on any atom is 0.264 e. The molecule has 5 aliphatic rings. The minimum atomic E-state index is -4.00. The van der Waals surface area contributed by atoms with E-state index < -0.39 is 36.6 Å². The van der Waals surface area contributed by atoms with Gasteiger partial charge in [0.05, 0.1) is 22.4 Å². The van der Waals surface area contributed by atoms with Crippen molar-refractivity contribution >= 4 is 43.1 Å². The molecule has 0 radical (unpaired) electrons. The highest BCUT2D eigenvalue weighted by atomic mass is 35.5. The van der Waals surface area contributed by atoms with Crippen molar-refractivity contribution < 1.29 is 31.1 Å². The van der Waals surface area contributed by atoms with Crippen molar-refractivity contribution in [3.05, 3.63) is 70.3 Å². The summed E-state index contributed by atoms with van der Waals surface area (Å²) < 4.78 is 68.0. The predicted molar refractivity (Wildman–Crippen MR) is 213 cm³/mol. The lowest BCUT2D eigenvalue weighted by Gasteiger charge is -2.53. The van der Waals surface area contributed by atoms with Crippen molar-refractivity contribution in [2.24, 2.45) is 17.8 Å². The Kier molecular flexibility index (Phi) is 11.8. The molecular formula is C40H55ClN4O7S2. The van der Waals surface area contributed by atoms with Crippen LogP contribution in [0.4, 0.5) is 5.69 Å². The van der Waals surface area contributed by atoms with Crippen LogP contribution in [0.2, 0.25) is 5.02 Å². The lowest BCUT2D eigenvalue weighted by atomic mass is 9.63. The molecule has 2 aromatic rings. The highest BCUT2D eigenvalue weighted by molar-refractivity contribution is 7.91. The van der Waals surface area contributed by atoms with E-state index in [0.29, 0.717) is 50.0 Å². The maximum atomic E-state index is 13.6. The van der Waals surface area contributed by atoms with Crippen molar-refractivity contribution in [2.45, 2.75) is 75.9 Å². The molecule has 54 heavy (non-hydrogen) atoms. The van der Waals surface area contributed by atoms with Gasteiger partial charge in [0.25, 0.3) is 5.91 Å². The normalized spacial score (nSPS) is 32.6. The Morgan fingerprint density at radius 1 is 0.981 bits per heavy atom. The first kappa shape index (κ1) is 39.6. The summed E-state index contributed by atoms with van der Waals surface area (Å²) in [5, 5.41) is -0.135. The van der Waals surface area contributed by atoms with Gasteiger partial charge in [-0.2, -0.15) is 0 Å². The highest BCUT2D eigenvalue weighted by Gasteiger charge is 2.49. The van der Waals surface area contributed by atoms with E-state index in [9.17, 15) is 21.6 Å². The fourth-order valence-electron chi connectivity index (χ4n) is 9.17. The van der Waals surface area contributed by atoms with Crippen LogP contribution in [0.15, 0.2) is 48.6 Å². The van der Waals surface area contributed by atoms with Gasteiger partial charge in [-0.3, -0.25) is 14.6 Å². The number of carbonyl (C=O) groups is 1. The van der Waals surface area contributed by atoms with E-state index in [0.717, 1.165) is 68.6 Å². The third-order valence-corrected chi connectivity index (χ3v) is 16.7. The number of nitrogens with zero attached hydrogens (tertiary/aromatic N) is 3. The number of nitrogens with one attached hydrogen (secondary N) is 1. The van der Waals surface area contributed by atoms with Crippen molar-refractivity contribution in [3.63, 3.8) is 0 Å². The first-order chi connectivity index (χ1) is 25.8. The summed E-state index contributed by atoms with van der Waals surface area (Å²) in [6.07, 6.45) is 9.41. The Morgan fingerprint density at radius 3 is 2.59 bits per heavy atom. The van der Waals surface area contributed by atoms with Gasteiger partial charge in [0, 0.05) is 69.6 Å². The van der Waals surface area contributed by atoms with Gasteiger partial charge >= 0.3 is 0 Å². The number of benzene rings is 2. The summed E-state index contributed by atoms with van der Waals surface area (Å²) in [4.78, 5) is 20.6. The molecule has 3 fully saturated rings. The van der Waals surface area contributed by atoms with E-state index in [1.807, 2.05) is 25.1 Å². The molecular weight excluding hydrogens is 748 g/mol. The fraction of sp³-hybridized carbons (Fsp3) is 0.625. The smallest absolute Gasteiger partial charge is 0.264 e. The Morgan fingerprint density at radius 2 is 1.81 bits per heavy atom. The predicted octanol–water partition coefficient (Wildman–Crippen LogP) is 4.93. The number of rotatable bonds is 3. The zero-order valence-corrected chi connectivity index (χ0v) is 34.1. The molecule has 1 aliphatic carbocycles. The second kappa shape index (κ2) is 16.1. The summed E-state index contributed by atoms with van der Waals surface area (Å²) in [6.45, 7) is 8.83. The van der Waals surface area contributed by atoms with Crippen molar-refractivity contribution in [1.29, 1.82) is 0 Å². The van der Waals surface area contributed by atoms with Gasteiger partial charge in [-0.1, -0.05) is 36.7 Å². The van der Waals surface area contributed by atoms with Crippen LogP contribution >= 0.6 is 11.6 Å². The van der Waals surface area contributed by atoms with Gasteiger partial charge < -0.3 is 14.4 Å². The van der Waals surface area contributed by atoms with E-state index in [1.54, 1.807) is 32.2 Å². The van der Waals surface area contributed by atoms with Gasteiger partial charge in [-0.15, -0.1) is 0 Å². The molecule has 1 saturated carbocycles. The lowest BCUT2D eigenvalue weighted by molar-refractivity contribution is -0.0980. The number of ether oxygens (including phenoxy) is 2. The number of hydrogen-bond acceptors (Lipinski definition) is 10. The summed E-state index contributed by atoms with van der Waals surface area (Å²) in [7, 11) is -5.30. The highest BCUT2D eigenvalue weighted by Crippen LogP contribution is 2.47. The summed E-state index contributed by atoms with van der Waals surface area (Å²) in [5.41, 5.74) is 2.59. The van der Waals surface area contributed by atoms with Crippen molar-refractivity contribution in [1.82, 2.24) is 14.5 Å². The third kappa shape index (κ3) is 8.51. The molecule has 4 heterocycles. The fourth-order valence-corrected chi connectivity index (χ4v) is 12.2. The van der Waals surface area contributed by atoms with Crippen LogP contribution < -0.4 is 14.4 Å². The summed E-state index contributed by atoms with van der Waals surface area (Å²) in [5.74, 6) is 0.535. The van der Waals surface area contributed by atoms with Gasteiger partial charge in [-0.05, 0) is 105 Å². The van der Waals surface area contributed by atoms with Crippen molar-refractivity contribution in [3.8, 4) is 5.75 Å². The molecule has 2 saturated heterocycles. The second-order valence-electron chi connectivity index (χ2n) is 16.2. The molecule has 2 bridgehead atoms. The molecule has 14 heteroatoms. The standard InChI is InChI=1S/C40H55ClN4O7S2/c1-28-7-6-15-40(51-3,27-43-17-18-44-19-20-53(47,48)26-35(44)24-43)36-13-10-32(36)23-45-16-5-4-8-30-21-34(41)12-9-33(30)25-52-38-14-11-31(22-37(38)45)39(46)42-54(49,50)29(28)2/h6,9,11-12,14-15,21-22,28-29,32,35-36H,4-5,7-8,10,13,16-20,23-27H2,1-3H3,(H,42,46)/b15-6+/t28-,29+,32-,35?,36+,40-/m0/s1. The minimum Gasteiger partial charge on any atom is -0.487 e. The lowest BCUT2D eigenvalue weighted by Crippen LogP contribution is -2.63. The number of aryl methyl sites for hydroxylation is 1. The number of hydrogen-bond donors (Lipinski definition) is 1. The van der Waals surface area contributed by atoms with Crippen LogP contribution in [0.25, 0.3) is 0 Å². The Bertz CT molecular complexity index is 1960. The number of anilines is 1. The number of methoxy groups -OCH3 is 1. The maximum absolute atomic E-state index is 13.6. The molecule has 0 aromatic heterocycles. The van der Waals surface area contributed by atoms with E-state index in [4.69, 9.17) is 21.1 Å². The number of sulfone groups is 1. The van der Waals surface area contributed by atoms with Crippen LogP contribution in [0.3, 0.4) is 0 Å². The largest absolute Gasteiger partial charge is 0.487 e. The zero-order chi connectivity index (χ0) is 38.3. The number of fused-ring (bicyclic) bond motifs is 4. The van der Waals surface area contributed by atoms with E-state index in [1.165, 1.54) is 0 Å². The van der Waals surface area contributed by atoms with Gasteiger partial charge in [0.1, 0.15) is 18.0 Å². The van der Waals surface area contributed by atoms with Gasteiger partial charge in [0.2, 0.25) is 10.0 Å². The number of amides is 1. The Hall–Kier alpha value is -2.68. The molecule has 296 valence electrons. The average Bonchev–Trinajstić information content (AvgIpc) is 3.14. The minimum absolute atomic E-state index is 0.0361. The number of halogens is 1. The molecule has 2 aromatic carbocycles. The molecule has 0 spiro atoms. The zero-order valence-electron chi connectivity index (χ0n) is 31.7. The van der Waals surface area contributed by atoms with Crippen LogP contribution in [0.5, 0.6) is 5.75 Å². The topological polar surface area (TPSA) is 126 Å². The average molecular weight is 803 g/mol. The molecule has 1 amide bonds. The molecule has 1 unspecified atom stereocenters. The first-order valence-electron chi connectivity index (χ1n) is 19.5. The number of carbonyl (C=O) groups excluding carboxylic acids is 1. The SMILES string of the molecule is CO[C@]1(CN2CCN3CCS(=O)(=O)CC3C2)/C=C/C[C@H](C)[C@@H](C)S(=O)(=O)NC(=O)c2ccc3c(c2)N(CCCCc2cc(Cl)ccc2CO3)C[C@@H]2CC[C@H]21. The number of piperazine rings is 1. The van der Waals surface area contributed by atoms with E-state index in [-0.39, 0.29) is 40.9 Å². The molecule has 11 nitrogen and oxygen atoms in total. The van der Waals surface area contributed by atoms with Gasteiger partial charge in [-0.25, -0.2) is 21.6 Å². The number of sulfonamides is 1. The Labute approximate surface area is 326 Å². The van der Waals surface area contributed by atoms with Crippen LogP contribution in [0, 0.1) is 17.8 Å². The van der Waals surface area contributed by atoms with E-state index >= 15 is 0 Å². The summed E-state index contributed by atoms with van der Waals surface area (Å²) >= 11 is 6.40. The third-order valence-electron chi connectivity index (χ3n) is 12.8. The van der Waals surface area contributed by atoms with Gasteiger partial charge in [0.15, 0.2) is 9.84 Å². The van der Waals surface area contributed by atoms with E-state index in [2.05, 4.69) is 31.6 Å². The number of allylic oxidation sites excluding steroid dienone is 1. The van der Waals surface area contributed by atoms with Crippen LogP contribution in [0.1, 0.15) is 67.4 Å². The van der Waals surface area contributed by atoms with Crippen molar-refractivity contribution in [2.75, 3.05) is 69.3 Å².